The topological polar surface area (TPSA) is 92.8 Å². The van der Waals surface area contributed by atoms with Gasteiger partial charge in [-0.05, 0) is 25.0 Å². The van der Waals surface area contributed by atoms with E-state index in [0.29, 0.717) is 16.5 Å². The molecule has 0 saturated heterocycles. The summed E-state index contributed by atoms with van der Waals surface area (Å²) in [5, 5.41) is 10.4. The molecule has 26 heavy (non-hydrogen) atoms. The number of rotatable bonds is 6. The van der Waals surface area contributed by atoms with Gasteiger partial charge in [-0.15, -0.1) is 16.4 Å². The molecule has 8 heteroatoms. The van der Waals surface area contributed by atoms with E-state index < -0.39 is 0 Å². The Balaban J connectivity index is 1.77. The van der Waals surface area contributed by atoms with Crippen molar-refractivity contribution in [2.45, 2.75) is 27.2 Å². The Morgan fingerprint density at radius 1 is 1.35 bits per heavy atom. The van der Waals surface area contributed by atoms with Crippen LogP contribution in [0.15, 0.2) is 24.3 Å². The summed E-state index contributed by atoms with van der Waals surface area (Å²) in [6, 6.07) is 7.60. The first-order valence-electron chi connectivity index (χ1n) is 8.30. The summed E-state index contributed by atoms with van der Waals surface area (Å²) in [5.41, 5.74) is 1.58. The highest BCUT2D eigenvalue weighted by Gasteiger charge is 2.18. The largest absolute Gasteiger partial charge is 0.497 e. The Kier molecular flexibility index (Phi) is 5.32. The van der Waals surface area contributed by atoms with E-state index in [-0.39, 0.29) is 11.9 Å². The normalized spacial score (nSPS) is 11.0. The van der Waals surface area contributed by atoms with Crippen molar-refractivity contribution < 1.29 is 9.53 Å². The molecule has 136 valence electrons. The van der Waals surface area contributed by atoms with Crippen molar-refractivity contribution in [1.82, 2.24) is 20.2 Å². The van der Waals surface area contributed by atoms with Gasteiger partial charge in [-0.25, -0.2) is 4.98 Å². The minimum atomic E-state index is -0.260. The van der Waals surface area contributed by atoms with Gasteiger partial charge in [-0.3, -0.25) is 15.2 Å². The fourth-order valence-corrected chi connectivity index (χ4v) is 3.43. The molecule has 1 aromatic carbocycles. The van der Waals surface area contributed by atoms with Gasteiger partial charge in [0.05, 0.1) is 12.8 Å². The van der Waals surface area contributed by atoms with Crippen molar-refractivity contribution in [2.24, 2.45) is 5.92 Å². The minimum absolute atomic E-state index is 0.260. The van der Waals surface area contributed by atoms with Crippen LogP contribution in [0, 0.1) is 12.8 Å². The van der Waals surface area contributed by atoms with Crippen LogP contribution in [0.5, 0.6) is 5.75 Å². The standard InChI is InChI=1S/C18H21N5O2S/c1-10(2)8-14-20-18(23-22-14)21-16(24)15-11(3)19-17(26-15)12-6-5-7-13(9-12)25-4/h5-7,9-10H,8H2,1-4H3,(H2,20,21,22,23,24). The number of carbonyl (C=O) groups excluding carboxylic acids is 1. The Bertz CT molecular complexity index is 916. The first-order chi connectivity index (χ1) is 12.5. The monoisotopic (exact) mass is 371 g/mol. The number of nitrogens with one attached hydrogen (secondary N) is 2. The first kappa shape index (κ1) is 18.1. The van der Waals surface area contributed by atoms with Crippen molar-refractivity contribution >= 4 is 23.2 Å². The molecule has 0 spiro atoms. The molecule has 0 bridgehead atoms. The highest BCUT2D eigenvalue weighted by molar-refractivity contribution is 7.17. The number of hydrogen-bond donors (Lipinski definition) is 2. The van der Waals surface area contributed by atoms with Crippen molar-refractivity contribution in [3.63, 3.8) is 0 Å². The van der Waals surface area contributed by atoms with E-state index in [0.717, 1.165) is 28.6 Å². The van der Waals surface area contributed by atoms with Crippen LogP contribution >= 0.6 is 11.3 Å². The molecule has 0 fully saturated rings. The number of carbonyl (C=O) groups is 1. The molecule has 1 amide bonds. The summed E-state index contributed by atoms with van der Waals surface area (Å²) in [6.45, 7) is 6.01. The zero-order valence-electron chi connectivity index (χ0n) is 15.2. The predicted molar refractivity (Wildman–Crippen MR) is 102 cm³/mol. The third-order valence-electron chi connectivity index (χ3n) is 3.68. The summed E-state index contributed by atoms with van der Waals surface area (Å²) in [7, 11) is 1.62. The summed E-state index contributed by atoms with van der Waals surface area (Å²) in [6.07, 6.45) is 0.780. The molecule has 0 saturated carbocycles. The second-order valence-corrected chi connectivity index (χ2v) is 7.32. The number of ether oxygens (including phenoxy) is 1. The molecule has 0 aliphatic carbocycles. The van der Waals surface area contributed by atoms with Gasteiger partial charge in [0.1, 0.15) is 21.5 Å². The number of anilines is 1. The number of methoxy groups -OCH3 is 1. The molecule has 2 heterocycles. The lowest BCUT2D eigenvalue weighted by atomic mass is 10.1. The van der Waals surface area contributed by atoms with Gasteiger partial charge >= 0.3 is 0 Å². The van der Waals surface area contributed by atoms with Crippen molar-refractivity contribution in [3.05, 3.63) is 40.7 Å². The number of aromatic nitrogens is 4. The van der Waals surface area contributed by atoms with Crippen LogP contribution < -0.4 is 10.1 Å². The van der Waals surface area contributed by atoms with Crippen LogP contribution in [-0.2, 0) is 6.42 Å². The zero-order chi connectivity index (χ0) is 18.7. The maximum Gasteiger partial charge on any atom is 0.270 e. The number of aromatic amines is 1. The lowest BCUT2D eigenvalue weighted by Crippen LogP contribution is -2.12. The van der Waals surface area contributed by atoms with E-state index in [1.54, 1.807) is 7.11 Å². The molecule has 0 unspecified atom stereocenters. The second kappa shape index (κ2) is 7.65. The van der Waals surface area contributed by atoms with Gasteiger partial charge in [0.25, 0.3) is 5.91 Å². The number of hydrogen-bond acceptors (Lipinski definition) is 6. The molecular formula is C18H21N5O2S. The molecule has 0 atom stereocenters. The average Bonchev–Trinajstić information content (AvgIpc) is 3.20. The summed E-state index contributed by atoms with van der Waals surface area (Å²) in [5.74, 6) is 1.99. The van der Waals surface area contributed by atoms with E-state index in [9.17, 15) is 4.79 Å². The fourth-order valence-electron chi connectivity index (χ4n) is 2.47. The lowest BCUT2D eigenvalue weighted by molar-refractivity contribution is 0.102. The van der Waals surface area contributed by atoms with Crippen LogP contribution in [0.4, 0.5) is 5.95 Å². The van der Waals surface area contributed by atoms with Crippen LogP contribution in [-0.4, -0.2) is 33.2 Å². The second-order valence-electron chi connectivity index (χ2n) is 6.32. The highest BCUT2D eigenvalue weighted by atomic mass is 32.1. The van der Waals surface area contributed by atoms with Crippen molar-refractivity contribution in [2.75, 3.05) is 12.4 Å². The van der Waals surface area contributed by atoms with E-state index >= 15 is 0 Å². The van der Waals surface area contributed by atoms with E-state index in [1.807, 2.05) is 31.2 Å². The smallest absolute Gasteiger partial charge is 0.270 e. The minimum Gasteiger partial charge on any atom is -0.497 e. The summed E-state index contributed by atoms with van der Waals surface area (Å²) in [4.78, 5) is 21.9. The third-order valence-corrected chi connectivity index (χ3v) is 4.88. The number of aryl methyl sites for hydroxylation is 1. The van der Waals surface area contributed by atoms with E-state index in [1.165, 1.54) is 11.3 Å². The Morgan fingerprint density at radius 3 is 2.88 bits per heavy atom. The maximum atomic E-state index is 12.6. The summed E-state index contributed by atoms with van der Waals surface area (Å²) < 4.78 is 5.25. The molecule has 0 radical (unpaired) electrons. The molecule has 2 aromatic heterocycles. The van der Waals surface area contributed by atoms with Gasteiger partial charge in [-0.2, -0.15) is 4.98 Å². The Hall–Kier alpha value is -2.74. The van der Waals surface area contributed by atoms with E-state index in [2.05, 4.69) is 39.3 Å². The average molecular weight is 371 g/mol. The predicted octanol–water partition coefficient (Wildman–Crippen LogP) is 3.70. The van der Waals surface area contributed by atoms with Crippen LogP contribution in [0.2, 0.25) is 0 Å². The van der Waals surface area contributed by atoms with Gasteiger partial charge in [0.2, 0.25) is 5.95 Å². The van der Waals surface area contributed by atoms with E-state index in [4.69, 9.17) is 4.74 Å². The fraction of sp³-hybridized carbons (Fsp3) is 0.333. The molecule has 3 aromatic rings. The van der Waals surface area contributed by atoms with Gasteiger partial charge in [0, 0.05) is 12.0 Å². The molecule has 0 aliphatic rings. The summed E-state index contributed by atoms with van der Waals surface area (Å²) >= 11 is 1.33. The highest BCUT2D eigenvalue weighted by Crippen LogP contribution is 2.30. The van der Waals surface area contributed by atoms with Crippen molar-refractivity contribution in [1.29, 1.82) is 0 Å². The van der Waals surface area contributed by atoms with Crippen LogP contribution in [0.25, 0.3) is 10.6 Å². The zero-order valence-corrected chi connectivity index (χ0v) is 16.0. The molecule has 2 N–H and O–H groups in total. The number of amides is 1. The lowest BCUT2D eigenvalue weighted by Gasteiger charge is -2.01. The molecular weight excluding hydrogens is 350 g/mol. The quantitative estimate of drug-likeness (QED) is 0.689. The Morgan fingerprint density at radius 2 is 2.15 bits per heavy atom. The Labute approximate surface area is 155 Å². The molecule has 3 rings (SSSR count). The van der Waals surface area contributed by atoms with Gasteiger partial charge < -0.3 is 4.74 Å². The molecule has 0 aliphatic heterocycles. The maximum absolute atomic E-state index is 12.6. The van der Waals surface area contributed by atoms with Crippen molar-refractivity contribution in [3.8, 4) is 16.3 Å². The number of thiazole rings is 1. The van der Waals surface area contributed by atoms with Gasteiger partial charge in [-0.1, -0.05) is 26.0 Å². The van der Waals surface area contributed by atoms with Crippen LogP contribution in [0.1, 0.15) is 35.0 Å². The first-order valence-corrected chi connectivity index (χ1v) is 9.12. The number of benzene rings is 1. The van der Waals surface area contributed by atoms with Gasteiger partial charge in [0.15, 0.2) is 0 Å². The van der Waals surface area contributed by atoms with Crippen LogP contribution in [0.3, 0.4) is 0 Å². The SMILES string of the molecule is COc1cccc(-c2nc(C)c(C(=O)Nc3n[nH]c(CC(C)C)n3)s2)c1. The third kappa shape index (κ3) is 4.08. The number of nitrogens with zero attached hydrogens (tertiary/aromatic N) is 3. The number of H-pyrrole nitrogens is 1. The molecule has 7 nitrogen and oxygen atoms in total.